The van der Waals surface area contributed by atoms with Gasteiger partial charge in [0.1, 0.15) is 0 Å². The van der Waals surface area contributed by atoms with Gasteiger partial charge in [-0.25, -0.2) is 0 Å². The molecule has 0 unspecified atom stereocenters. The van der Waals surface area contributed by atoms with Crippen molar-refractivity contribution >= 4 is 0 Å². The van der Waals surface area contributed by atoms with Crippen molar-refractivity contribution in [2.45, 2.75) is 19.4 Å². The van der Waals surface area contributed by atoms with E-state index in [0.29, 0.717) is 6.10 Å². The van der Waals surface area contributed by atoms with Gasteiger partial charge in [-0.2, -0.15) is 0 Å². The Hall–Kier alpha value is -0.160. The molecule has 0 bridgehead atoms. The maximum absolute atomic E-state index is 5.80. The molecule has 0 saturated carbocycles. The van der Waals surface area contributed by atoms with Crippen molar-refractivity contribution in [2.75, 3.05) is 66.0 Å². The first-order valence-corrected chi connectivity index (χ1v) is 7.03. The summed E-state index contributed by atoms with van der Waals surface area (Å²) >= 11 is 0. The molecule has 100 valence electrons. The summed E-state index contributed by atoms with van der Waals surface area (Å²) in [6.45, 7) is 12.8. The zero-order valence-electron chi connectivity index (χ0n) is 11.4. The van der Waals surface area contributed by atoms with Gasteiger partial charge < -0.3 is 19.4 Å². The minimum atomic E-state index is 0.511. The second kappa shape index (κ2) is 6.69. The Morgan fingerprint density at radius 1 is 1.06 bits per heavy atom. The van der Waals surface area contributed by atoms with Gasteiger partial charge in [0.2, 0.25) is 0 Å². The molecule has 0 atom stereocenters. The fourth-order valence-corrected chi connectivity index (χ4v) is 2.61. The minimum absolute atomic E-state index is 0.511. The lowest BCUT2D eigenvalue weighted by molar-refractivity contribution is -0.0458. The molecule has 0 aromatic carbocycles. The molecule has 2 saturated heterocycles. The van der Waals surface area contributed by atoms with Crippen LogP contribution in [0.25, 0.3) is 0 Å². The Morgan fingerprint density at radius 3 is 2.29 bits per heavy atom. The zero-order valence-corrected chi connectivity index (χ0v) is 11.4. The molecule has 2 heterocycles. The summed E-state index contributed by atoms with van der Waals surface area (Å²) in [4.78, 5) is 7.40. The van der Waals surface area contributed by atoms with E-state index in [1.807, 2.05) is 0 Å². The first-order valence-electron chi connectivity index (χ1n) is 7.03. The van der Waals surface area contributed by atoms with Crippen LogP contribution in [0.3, 0.4) is 0 Å². The topological polar surface area (TPSA) is 19.0 Å². The van der Waals surface area contributed by atoms with E-state index in [4.69, 9.17) is 4.74 Å². The fourth-order valence-electron chi connectivity index (χ4n) is 2.61. The van der Waals surface area contributed by atoms with Crippen molar-refractivity contribution in [3.05, 3.63) is 0 Å². The SMILES string of the molecule is CCN1CCN(CCCOC2CN(C)C2)CC1. The summed E-state index contributed by atoms with van der Waals surface area (Å²) in [6, 6.07) is 0. The predicted molar refractivity (Wildman–Crippen MR) is 70.4 cm³/mol. The molecule has 2 rings (SSSR count). The van der Waals surface area contributed by atoms with Gasteiger partial charge in [-0.1, -0.05) is 6.92 Å². The average Bonchev–Trinajstić information content (AvgIpc) is 2.32. The third-order valence-corrected chi connectivity index (χ3v) is 3.91. The van der Waals surface area contributed by atoms with Gasteiger partial charge >= 0.3 is 0 Å². The Labute approximate surface area is 105 Å². The van der Waals surface area contributed by atoms with Crippen molar-refractivity contribution in [3.8, 4) is 0 Å². The molecule has 2 fully saturated rings. The number of likely N-dealkylation sites (tertiary alicyclic amines) is 1. The highest BCUT2D eigenvalue weighted by atomic mass is 16.5. The van der Waals surface area contributed by atoms with Gasteiger partial charge in [0.25, 0.3) is 0 Å². The van der Waals surface area contributed by atoms with Gasteiger partial charge in [0, 0.05) is 52.4 Å². The first kappa shape index (κ1) is 13.3. The molecule has 0 radical (unpaired) electrons. The number of hydrogen-bond acceptors (Lipinski definition) is 4. The molecule has 4 nitrogen and oxygen atoms in total. The molecular weight excluding hydrogens is 214 g/mol. The third kappa shape index (κ3) is 4.21. The van der Waals surface area contributed by atoms with Crippen LogP contribution in [0.4, 0.5) is 0 Å². The van der Waals surface area contributed by atoms with Crippen LogP contribution in [0.2, 0.25) is 0 Å². The van der Waals surface area contributed by atoms with Crippen LogP contribution in [0.15, 0.2) is 0 Å². The Kier molecular flexibility index (Phi) is 5.22. The molecule has 0 N–H and O–H groups in total. The average molecular weight is 241 g/mol. The fraction of sp³-hybridized carbons (Fsp3) is 1.00. The molecule has 0 aromatic heterocycles. The van der Waals surface area contributed by atoms with E-state index in [2.05, 4.69) is 28.7 Å². The summed E-state index contributed by atoms with van der Waals surface area (Å²) in [5.41, 5.74) is 0. The lowest BCUT2D eigenvalue weighted by atomic mass is 10.2. The van der Waals surface area contributed by atoms with Gasteiger partial charge in [0.15, 0.2) is 0 Å². The standard InChI is InChI=1S/C13H27N3O/c1-3-15-6-8-16(9-7-15)5-4-10-17-13-11-14(2)12-13/h13H,3-12H2,1-2H3. The molecule has 2 aliphatic heterocycles. The van der Waals surface area contributed by atoms with Crippen molar-refractivity contribution in [3.63, 3.8) is 0 Å². The summed E-state index contributed by atoms with van der Waals surface area (Å²) in [7, 11) is 2.15. The van der Waals surface area contributed by atoms with Gasteiger partial charge in [-0.15, -0.1) is 0 Å². The maximum atomic E-state index is 5.80. The molecule has 0 aliphatic carbocycles. The van der Waals surface area contributed by atoms with Crippen LogP contribution >= 0.6 is 0 Å². The van der Waals surface area contributed by atoms with Crippen molar-refractivity contribution in [2.24, 2.45) is 0 Å². The van der Waals surface area contributed by atoms with Gasteiger partial charge in [-0.3, -0.25) is 0 Å². The van der Waals surface area contributed by atoms with E-state index in [1.54, 1.807) is 0 Å². The van der Waals surface area contributed by atoms with Gasteiger partial charge in [-0.05, 0) is 20.0 Å². The van der Waals surface area contributed by atoms with Gasteiger partial charge in [0.05, 0.1) is 6.10 Å². The van der Waals surface area contributed by atoms with E-state index >= 15 is 0 Å². The number of piperazine rings is 1. The molecule has 0 spiro atoms. The summed E-state index contributed by atoms with van der Waals surface area (Å²) in [6.07, 6.45) is 1.70. The molecule has 0 amide bonds. The van der Waals surface area contributed by atoms with Crippen LogP contribution < -0.4 is 0 Å². The first-order chi connectivity index (χ1) is 8.28. The molecule has 17 heavy (non-hydrogen) atoms. The van der Waals surface area contributed by atoms with E-state index in [1.165, 1.54) is 45.7 Å². The third-order valence-electron chi connectivity index (χ3n) is 3.91. The van der Waals surface area contributed by atoms with E-state index in [9.17, 15) is 0 Å². The van der Waals surface area contributed by atoms with Crippen LogP contribution in [-0.4, -0.2) is 86.8 Å². The largest absolute Gasteiger partial charge is 0.376 e. The van der Waals surface area contributed by atoms with Crippen LogP contribution in [0.1, 0.15) is 13.3 Å². The minimum Gasteiger partial charge on any atom is -0.376 e. The van der Waals surface area contributed by atoms with E-state index < -0.39 is 0 Å². The van der Waals surface area contributed by atoms with Crippen LogP contribution in [0, 0.1) is 0 Å². The molecule has 2 aliphatic rings. The Balaban J connectivity index is 1.46. The second-order valence-corrected chi connectivity index (χ2v) is 5.34. The number of likely N-dealkylation sites (N-methyl/N-ethyl adjacent to an activating group) is 2. The number of ether oxygens (including phenoxy) is 1. The second-order valence-electron chi connectivity index (χ2n) is 5.34. The smallest absolute Gasteiger partial charge is 0.0828 e. The molecular formula is C13H27N3O. The van der Waals surface area contributed by atoms with E-state index in [0.717, 1.165) is 19.7 Å². The molecule has 0 aromatic rings. The summed E-state index contributed by atoms with van der Waals surface area (Å²) in [5.74, 6) is 0. The van der Waals surface area contributed by atoms with Crippen molar-refractivity contribution in [1.82, 2.24) is 14.7 Å². The Bertz CT molecular complexity index is 211. The maximum Gasteiger partial charge on any atom is 0.0828 e. The Morgan fingerprint density at radius 2 is 1.71 bits per heavy atom. The monoisotopic (exact) mass is 241 g/mol. The summed E-state index contributed by atoms with van der Waals surface area (Å²) in [5, 5.41) is 0. The lowest BCUT2D eigenvalue weighted by Gasteiger charge is -2.36. The number of rotatable bonds is 6. The van der Waals surface area contributed by atoms with E-state index in [-0.39, 0.29) is 0 Å². The molecule has 4 heteroatoms. The highest BCUT2D eigenvalue weighted by molar-refractivity contribution is 4.77. The normalized spacial score (nSPS) is 25.1. The van der Waals surface area contributed by atoms with Crippen LogP contribution in [-0.2, 0) is 4.74 Å². The number of nitrogens with zero attached hydrogens (tertiary/aromatic N) is 3. The quantitative estimate of drug-likeness (QED) is 0.624. The van der Waals surface area contributed by atoms with Crippen molar-refractivity contribution < 1.29 is 4.74 Å². The predicted octanol–water partition coefficient (Wildman–Crippen LogP) is 0.345. The lowest BCUT2D eigenvalue weighted by Crippen LogP contribution is -2.50. The highest BCUT2D eigenvalue weighted by Gasteiger charge is 2.23. The highest BCUT2D eigenvalue weighted by Crippen LogP contribution is 2.09. The number of hydrogen-bond donors (Lipinski definition) is 0. The zero-order chi connectivity index (χ0) is 12.1. The van der Waals surface area contributed by atoms with Crippen molar-refractivity contribution in [1.29, 1.82) is 0 Å². The van der Waals surface area contributed by atoms with Crippen LogP contribution in [0.5, 0.6) is 0 Å². The summed E-state index contributed by atoms with van der Waals surface area (Å²) < 4.78 is 5.80.